The van der Waals surface area contributed by atoms with Crippen LogP contribution in [0, 0.1) is 12.8 Å². The first kappa shape index (κ1) is 11.9. The minimum absolute atomic E-state index is 0.160. The Balaban J connectivity index is 1.62. The smallest absolute Gasteiger partial charge is 0.227 e. The Morgan fingerprint density at radius 3 is 2.78 bits per heavy atom. The molecule has 0 saturated carbocycles. The summed E-state index contributed by atoms with van der Waals surface area (Å²) in [5.41, 5.74) is 0. The number of carbonyl (C=O) groups excluding carboxylic acids is 1. The summed E-state index contributed by atoms with van der Waals surface area (Å²) in [5, 5.41) is 0.962. The number of anilines is 1. The standard InChI is InChI=1S/C12H18N4OS/c1-9-13-12(18-14-9)16-7-4-10(8-16)11(17)15-5-2-3-6-15/h10H,2-8H2,1H3. The summed E-state index contributed by atoms with van der Waals surface area (Å²) in [5.74, 6) is 1.33. The minimum Gasteiger partial charge on any atom is -0.346 e. The van der Waals surface area contributed by atoms with Crippen LogP contribution in [0.25, 0.3) is 0 Å². The Kier molecular flexibility index (Phi) is 3.20. The number of amides is 1. The van der Waals surface area contributed by atoms with Crippen LogP contribution >= 0.6 is 11.5 Å². The van der Waals surface area contributed by atoms with E-state index >= 15 is 0 Å². The maximum atomic E-state index is 12.3. The Morgan fingerprint density at radius 1 is 1.33 bits per heavy atom. The quantitative estimate of drug-likeness (QED) is 0.809. The predicted molar refractivity (Wildman–Crippen MR) is 70.8 cm³/mol. The molecule has 0 radical (unpaired) electrons. The van der Waals surface area contributed by atoms with Crippen LogP contribution in [0.1, 0.15) is 25.1 Å². The zero-order valence-electron chi connectivity index (χ0n) is 10.6. The van der Waals surface area contributed by atoms with Crippen LogP contribution in [-0.4, -0.2) is 46.3 Å². The average molecular weight is 266 g/mol. The molecular weight excluding hydrogens is 248 g/mol. The second-order valence-corrected chi connectivity index (χ2v) is 5.82. The van der Waals surface area contributed by atoms with Gasteiger partial charge in [-0.2, -0.15) is 4.37 Å². The molecule has 1 amide bonds. The molecule has 0 spiro atoms. The van der Waals surface area contributed by atoms with Crippen molar-refractivity contribution in [2.75, 3.05) is 31.1 Å². The van der Waals surface area contributed by atoms with Crippen molar-refractivity contribution < 1.29 is 4.79 Å². The Morgan fingerprint density at radius 2 is 2.11 bits per heavy atom. The Bertz CT molecular complexity index is 441. The molecule has 1 aromatic rings. The molecule has 3 rings (SSSR count). The average Bonchev–Trinajstić information content (AvgIpc) is 3.09. The van der Waals surface area contributed by atoms with Crippen molar-refractivity contribution in [3.8, 4) is 0 Å². The molecule has 3 heterocycles. The number of aromatic nitrogens is 2. The van der Waals surface area contributed by atoms with Gasteiger partial charge in [0, 0.05) is 37.7 Å². The van der Waals surface area contributed by atoms with Gasteiger partial charge in [0.05, 0.1) is 5.92 Å². The summed E-state index contributed by atoms with van der Waals surface area (Å²) in [6, 6.07) is 0. The van der Waals surface area contributed by atoms with E-state index < -0.39 is 0 Å². The number of hydrogen-bond donors (Lipinski definition) is 0. The van der Waals surface area contributed by atoms with Gasteiger partial charge >= 0.3 is 0 Å². The third kappa shape index (κ3) is 2.21. The van der Waals surface area contributed by atoms with E-state index in [9.17, 15) is 4.79 Å². The fraction of sp³-hybridized carbons (Fsp3) is 0.750. The van der Waals surface area contributed by atoms with Crippen LogP contribution < -0.4 is 4.90 Å². The molecule has 0 aromatic carbocycles. The molecule has 18 heavy (non-hydrogen) atoms. The molecule has 5 nitrogen and oxygen atoms in total. The van der Waals surface area contributed by atoms with Gasteiger partial charge in [-0.1, -0.05) is 0 Å². The SMILES string of the molecule is Cc1nsc(N2CCC(C(=O)N3CCCC3)C2)n1. The minimum atomic E-state index is 0.160. The van der Waals surface area contributed by atoms with Crippen molar-refractivity contribution in [1.29, 1.82) is 0 Å². The van der Waals surface area contributed by atoms with Gasteiger partial charge in [-0.25, -0.2) is 4.98 Å². The summed E-state index contributed by atoms with van der Waals surface area (Å²) in [4.78, 5) is 20.9. The third-order valence-corrected chi connectivity index (χ3v) is 4.61. The summed E-state index contributed by atoms with van der Waals surface area (Å²) < 4.78 is 4.20. The highest BCUT2D eigenvalue weighted by atomic mass is 32.1. The van der Waals surface area contributed by atoms with Crippen LogP contribution in [0.2, 0.25) is 0 Å². The van der Waals surface area contributed by atoms with E-state index in [1.165, 1.54) is 11.5 Å². The van der Waals surface area contributed by atoms with Crippen molar-refractivity contribution in [2.45, 2.75) is 26.2 Å². The molecule has 0 N–H and O–H groups in total. The first-order chi connectivity index (χ1) is 8.74. The van der Waals surface area contributed by atoms with Crippen LogP contribution in [0.15, 0.2) is 0 Å². The first-order valence-corrected chi connectivity index (χ1v) is 7.35. The van der Waals surface area contributed by atoms with Crippen molar-refractivity contribution in [3.05, 3.63) is 5.82 Å². The molecule has 0 bridgehead atoms. The lowest BCUT2D eigenvalue weighted by molar-refractivity contribution is -0.133. The molecule has 2 aliphatic rings. The highest BCUT2D eigenvalue weighted by molar-refractivity contribution is 7.09. The van der Waals surface area contributed by atoms with Crippen molar-refractivity contribution in [2.24, 2.45) is 5.92 Å². The second kappa shape index (κ2) is 4.84. The van der Waals surface area contributed by atoms with Gasteiger partial charge < -0.3 is 9.80 Å². The van der Waals surface area contributed by atoms with E-state index in [4.69, 9.17) is 0 Å². The molecule has 2 fully saturated rings. The molecule has 98 valence electrons. The Labute approximate surface area is 111 Å². The topological polar surface area (TPSA) is 49.3 Å². The second-order valence-electron chi connectivity index (χ2n) is 5.09. The monoisotopic (exact) mass is 266 g/mol. The van der Waals surface area contributed by atoms with E-state index in [1.54, 1.807) is 0 Å². The summed E-state index contributed by atoms with van der Waals surface area (Å²) in [6.07, 6.45) is 3.28. The summed E-state index contributed by atoms with van der Waals surface area (Å²) in [6.45, 7) is 5.55. The van der Waals surface area contributed by atoms with Crippen molar-refractivity contribution >= 4 is 22.6 Å². The number of carbonyl (C=O) groups is 1. The fourth-order valence-corrected chi connectivity index (χ4v) is 3.45. The van der Waals surface area contributed by atoms with Gasteiger partial charge in [0.15, 0.2) is 0 Å². The number of nitrogens with zero attached hydrogens (tertiary/aromatic N) is 4. The van der Waals surface area contributed by atoms with Crippen LogP contribution in [-0.2, 0) is 4.79 Å². The van der Waals surface area contributed by atoms with E-state index in [0.29, 0.717) is 5.91 Å². The number of aryl methyl sites for hydroxylation is 1. The number of likely N-dealkylation sites (tertiary alicyclic amines) is 1. The molecule has 1 atom stereocenters. The normalized spacial score (nSPS) is 23.9. The third-order valence-electron chi connectivity index (χ3n) is 3.74. The summed E-state index contributed by atoms with van der Waals surface area (Å²) >= 11 is 1.43. The van der Waals surface area contributed by atoms with Crippen molar-refractivity contribution in [1.82, 2.24) is 14.3 Å². The number of rotatable bonds is 2. The maximum Gasteiger partial charge on any atom is 0.227 e. The molecule has 1 aromatic heterocycles. The molecule has 6 heteroatoms. The van der Waals surface area contributed by atoms with Gasteiger partial charge in [0.1, 0.15) is 5.82 Å². The summed E-state index contributed by atoms with van der Waals surface area (Å²) in [7, 11) is 0. The highest BCUT2D eigenvalue weighted by Gasteiger charge is 2.33. The lowest BCUT2D eigenvalue weighted by atomic mass is 10.1. The predicted octanol–water partition coefficient (Wildman–Crippen LogP) is 1.30. The van der Waals surface area contributed by atoms with Gasteiger partial charge in [0.2, 0.25) is 11.0 Å². The maximum absolute atomic E-state index is 12.3. The van der Waals surface area contributed by atoms with E-state index in [2.05, 4.69) is 14.3 Å². The van der Waals surface area contributed by atoms with E-state index in [0.717, 1.165) is 56.4 Å². The van der Waals surface area contributed by atoms with Crippen LogP contribution in [0.5, 0.6) is 0 Å². The van der Waals surface area contributed by atoms with Crippen LogP contribution in [0.3, 0.4) is 0 Å². The van der Waals surface area contributed by atoms with Gasteiger partial charge in [-0.3, -0.25) is 4.79 Å². The van der Waals surface area contributed by atoms with E-state index in [-0.39, 0.29) is 5.92 Å². The van der Waals surface area contributed by atoms with Crippen LogP contribution in [0.4, 0.5) is 5.13 Å². The first-order valence-electron chi connectivity index (χ1n) is 6.58. The lowest BCUT2D eigenvalue weighted by Gasteiger charge is -2.20. The van der Waals surface area contributed by atoms with Gasteiger partial charge in [-0.05, 0) is 26.2 Å². The highest BCUT2D eigenvalue weighted by Crippen LogP contribution is 2.27. The van der Waals surface area contributed by atoms with Crippen molar-refractivity contribution in [3.63, 3.8) is 0 Å². The molecule has 2 aliphatic heterocycles. The molecular formula is C12H18N4OS. The number of hydrogen-bond acceptors (Lipinski definition) is 5. The van der Waals surface area contributed by atoms with Gasteiger partial charge in [-0.15, -0.1) is 0 Å². The van der Waals surface area contributed by atoms with E-state index in [1.807, 2.05) is 11.8 Å². The Hall–Kier alpha value is -1.17. The zero-order chi connectivity index (χ0) is 12.5. The zero-order valence-corrected chi connectivity index (χ0v) is 11.4. The molecule has 0 aliphatic carbocycles. The fourth-order valence-electron chi connectivity index (χ4n) is 2.75. The van der Waals surface area contributed by atoms with Gasteiger partial charge in [0.25, 0.3) is 0 Å². The lowest BCUT2D eigenvalue weighted by Crippen LogP contribution is -2.35. The largest absolute Gasteiger partial charge is 0.346 e. The molecule has 1 unspecified atom stereocenters. The molecule has 2 saturated heterocycles.